The average Bonchev–Trinajstić information content (AvgIpc) is 3.24. The molecular formula is C25H36FN5. The van der Waals surface area contributed by atoms with E-state index in [4.69, 9.17) is 5.73 Å². The molecule has 31 heavy (non-hydrogen) atoms. The van der Waals surface area contributed by atoms with Crippen molar-refractivity contribution < 1.29 is 4.39 Å². The first-order valence-corrected chi connectivity index (χ1v) is 10.7. The fourth-order valence-corrected chi connectivity index (χ4v) is 3.96. The second-order valence-corrected chi connectivity index (χ2v) is 7.50. The molecule has 0 aliphatic rings. The van der Waals surface area contributed by atoms with Gasteiger partial charge in [0.1, 0.15) is 0 Å². The number of hydrogen-bond donors (Lipinski definition) is 4. The van der Waals surface area contributed by atoms with Crippen LogP contribution in [0.15, 0.2) is 30.8 Å². The minimum Gasteiger partial charge on any atom is -0.384 e. The molecule has 6 heteroatoms. The van der Waals surface area contributed by atoms with Crippen LogP contribution >= 0.6 is 0 Å². The number of nitrogens with one attached hydrogen (secondary N) is 3. The second-order valence-electron chi connectivity index (χ2n) is 7.50. The van der Waals surface area contributed by atoms with Crippen LogP contribution in [0, 0.1) is 13.8 Å². The van der Waals surface area contributed by atoms with Gasteiger partial charge in [0.05, 0.1) is 7.18 Å². The zero-order valence-corrected chi connectivity index (χ0v) is 19.2. The van der Waals surface area contributed by atoms with Gasteiger partial charge in [-0.05, 0) is 38.1 Å². The van der Waals surface area contributed by atoms with Crippen molar-refractivity contribution in [3.05, 3.63) is 63.9 Å². The van der Waals surface area contributed by atoms with Crippen molar-refractivity contribution in [2.24, 2.45) is 5.73 Å². The number of likely N-dealkylation sites (N-methyl/N-ethyl adjacent to an activating group) is 1. The highest BCUT2D eigenvalue weighted by atomic mass is 19.1. The van der Waals surface area contributed by atoms with E-state index in [0.717, 1.165) is 64.9 Å². The van der Waals surface area contributed by atoms with E-state index < -0.39 is 0 Å². The van der Waals surface area contributed by atoms with Gasteiger partial charge in [-0.15, -0.1) is 0 Å². The number of alkyl halides is 1. The van der Waals surface area contributed by atoms with Gasteiger partial charge in [-0.1, -0.05) is 38.3 Å². The number of para-hydroxylation sites is 1. The Bertz CT molecular complexity index is 1110. The zero-order chi connectivity index (χ0) is 23.0. The van der Waals surface area contributed by atoms with Crippen LogP contribution in [0.4, 0.5) is 4.39 Å². The maximum absolute atomic E-state index is 9.50. The molecule has 0 bridgehead atoms. The molecule has 0 aliphatic carbocycles. The Morgan fingerprint density at radius 3 is 2.58 bits per heavy atom. The van der Waals surface area contributed by atoms with Gasteiger partial charge in [-0.3, -0.25) is 4.39 Å². The molecule has 0 radical (unpaired) electrons. The third-order valence-electron chi connectivity index (χ3n) is 5.55. The number of aromatic amines is 2. The van der Waals surface area contributed by atoms with Crippen molar-refractivity contribution in [1.82, 2.24) is 20.2 Å². The first kappa shape index (κ1) is 24.4. The van der Waals surface area contributed by atoms with Crippen LogP contribution < -0.4 is 21.6 Å². The molecule has 0 saturated carbocycles. The van der Waals surface area contributed by atoms with Crippen LogP contribution in [0.5, 0.6) is 0 Å². The summed E-state index contributed by atoms with van der Waals surface area (Å²) in [5.41, 5.74) is 12.3. The standard InChI is InChI=1S/C24H33N5.CH3F/c1-6-29(13-11-25)14-12-26-18(4)24-16(2)23(28-19(24)5)15-21-17(3)27-22-10-8-7-9-20(21)22;1-2/h7-10,15,26-28H,3-4,6,11-14,25H2,1-2,5H3;1H3/b21-15+;. The number of benzene rings is 1. The maximum Gasteiger partial charge on any atom is 0.0785 e. The minimum absolute atomic E-state index is 0.500. The fourth-order valence-electron chi connectivity index (χ4n) is 3.96. The largest absolute Gasteiger partial charge is 0.384 e. The lowest BCUT2D eigenvalue weighted by molar-refractivity contribution is 0.300. The molecule has 1 aromatic carbocycles. The monoisotopic (exact) mass is 425 g/mol. The van der Waals surface area contributed by atoms with Gasteiger partial charge in [0, 0.05) is 70.3 Å². The molecule has 5 N–H and O–H groups in total. The summed E-state index contributed by atoms with van der Waals surface area (Å²) in [7, 11) is 0.500. The highest BCUT2D eigenvalue weighted by molar-refractivity contribution is 5.82. The second kappa shape index (κ2) is 11.5. The maximum atomic E-state index is 9.50. The highest BCUT2D eigenvalue weighted by Crippen LogP contribution is 2.23. The van der Waals surface area contributed by atoms with Crippen molar-refractivity contribution in [3.63, 3.8) is 0 Å². The summed E-state index contributed by atoms with van der Waals surface area (Å²) >= 11 is 0. The molecule has 2 aromatic heterocycles. The number of nitrogens with two attached hydrogens (primary N) is 1. The van der Waals surface area contributed by atoms with Crippen molar-refractivity contribution in [3.8, 4) is 0 Å². The minimum atomic E-state index is 0.500. The van der Waals surface area contributed by atoms with E-state index in [2.05, 4.69) is 78.4 Å². The fraction of sp³-hybridized carbons (Fsp3) is 0.360. The number of nitrogens with zero attached hydrogens (tertiary/aromatic N) is 1. The number of fused-ring (bicyclic) bond motifs is 1. The van der Waals surface area contributed by atoms with E-state index in [9.17, 15) is 4.39 Å². The Morgan fingerprint density at radius 2 is 1.90 bits per heavy atom. The molecule has 0 unspecified atom stereocenters. The summed E-state index contributed by atoms with van der Waals surface area (Å²) < 4.78 is 9.50. The smallest absolute Gasteiger partial charge is 0.0785 e. The number of H-pyrrole nitrogens is 2. The molecule has 0 saturated heterocycles. The van der Waals surface area contributed by atoms with E-state index in [1.54, 1.807) is 0 Å². The van der Waals surface area contributed by atoms with Gasteiger partial charge in [0.25, 0.3) is 0 Å². The normalized spacial score (nSPS) is 11.6. The molecule has 3 rings (SSSR count). The Labute approximate surface area is 184 Å². The lowest BCUT2D eigenvalue weighted by atomic mass is 10.1. The average molecular weight is 426 g/mol. The van der Waals surface area contributed by atoms with Crippen molar-refractivity contribution in [2.75, 3.05) is 39.9 Å². The Kier molecular flexibility index (Phi) is 9.09. The summed E-state index contributed by atoms with van der Waals surface area (Å²) in [5, 5.41) is 6.72. The third-order valence-corrected chi connectivity index (χ3v) is 5.55. The first-order chi connectivity index (χ1) is 15.0. The van der Waals surface area contributed by atoms with Gasteiger partial charge in [-0.2, -0.15) is 0 Å². The van der Waals surface area contributed by atoms with Gasteiger partial charge in [0.15, 0.2) is 0 Å². The summed E-state index contributed by atoms with van der Waals surface area (Å²) in [6.45, 7) is 19.3. The number of rotatable bonds is 9. The summed E-state index contributed by atoms with van der Waals surface area (Å²) in [6.07, 6.45) is 2.18. The van der Waals surface area contributed by atoms with Crippen molar-refractivity contribution in [2.45, 2.75) is 20.8 Å². The van der Waals surface area contributed by atoms with Crippen LogP contribution in [0.3, 0.4) is 0 Å². The molecule has 5 nitrogen and oxygen atoms in total. The quantitative estimate of drug-likeness (QED) is 0.426. The Morgan fingerprint density at radius 1 is 1.19 bits per heavy atom. The van der Waals surface area contributed by atoms with E-state index in [1.807, 2.05) is 6.07 Å². The zero-order valence-electron chi connectivity index (χ0n) is 19.2. The van der Waals surface area contributed by atoms with E-state index >= 15 is 0 Å². The SMILES string of the molecule is C=C(NCCN(CC)CCN)c1c(C)[nH]c(/C=c2\c(=C)[nH]c3ccccc23)c1C.CF. The molecule has 0 spiro atoms. The molecular weight excluding hydrogens is 389 g/mol. The number of aryl methyl sites for hydroxylation is 1. The molecule has 2 heterocycles. The van der Waals surface area contributed by atoms with Crippen LogP contribution in [-0.4, -0.2) is 54.8 Å². The molecule has 0 amide bonds. The lowest BCUT2D eigenvalue weighted by Gasteiger charge is -2.20. The third kappa shape index (κ3) is 5.66. The topological polar surface area (TPSA) is 72.9 Å². The predicted octanol–water partition coefficient (Wildman–Crippen LogP) is 2.78. The lowest BCUT2D eigenvalue weighted by Crippen LogP contribution is -2.35. The van der Waals surface area contributed by atoms with Gasteiger partial charge in [-0.25, -0.2) is 0 Å². The van der Waals surface area contributed by atoms with Gasteiger partial charge >= 0.3 is 0 Å². The number of halogens is 1. The molecule has 0 aliphatic heterocycles. The van der Waals surface area contributed by atoms with Crippen molar-refractivity contribution >= 4 is 29.3 Å². The summed E-state index contributed by atoms with van der Waals surface area (Å²) in [6, 6.07) is 8.30. The highest BCUT2D eigenvalue weighted by Gasteiger charge is 2.13. The Balaban J connectivity index is 0.00000166. The number of hydrogen-bond acceptors (Lipinski definition) is 3. The van der Waals surface area contributed by atoms with Crippen LogP contribution in [-0.2, 0) is 0 Å². The van der Waals surface area contributed by atoms with Crippen molar-refractivity contribution in [1.29, 1.82) is 0 Å². The molecule has 0 fully saturated rings. The van der Waals surface area contributed by atoms with E-state index in [1.165, 1.54) is 10.9 Å². The summed E-state index contributed by atoms with van der Waals surface area (Å²) in [5.74, 6) is 0. The van der Waals surface area contributed by atoms with Crippen LogP contribution in [0.2, 0.25) is 0 Å². The van der Waals surface area contributed by atoms with Gasteiger partial charge in [0.2, 0.25) is 0 Å². The molecule has 0 atom stereocenters. The summed E-state index contributed by atoms with van der Waals surface area (Å²) in [4.78, 5) is 9.23. The predicted molar refractivity (Wildman–Crippen MR) is 132 cm³/mol. The van der Waals surface area contributed by atoms with Crippen LogP contribution in [0.1, 0.15) is 29.4 Å². The number of aromatic nitrogens is 2. The van der Waals surface area contributed by atoms with Gasteiger partial charge < -0.3 is 25.9 Å². The van der Waals surface area contributed by atoms with Crippen LogP contribution in [0.25, 0.3) is 29.3 Å². The molecule has 3 aromatic rings. The van der Waals surface area contributed by atoms with E-state index in [0.29, 0.717) is 13.7 Å². The first-order valence-electron chi connectivity index (χ1n) is 10.7. The van der Waals surface area contributed by atoms with E-state index in [-0.39, 0.29) is 0 Å². The Hall–Kier alpha value is -2.83. The molecule has 168 valence electrons.